The summed E-state index contributed by atoms with van der Waals surface area (Å²) in [6, 6.07) is 14.7. The Labute approximate surface area is 108 Å². The minimum absolute atomic E-state index is 0.516. The van der Waals surface area contributed by atoms with E-state index < -0.39 is 0 Å². The second-order valence-corrected chi connectivity index (χ2v) is 4.28. The molecule has 0 unspecified atom stereocenters. The van der Waals surface area contributed by atoms with Gasteiger partial charge in [-0.15, -0.1) is 0 Å². The molecule has 2 aromatic rings. The fourth-order valence-corrected chi connectivity index (χ4v) is 2.07. The van der Waals surface area contributed by atoms with E-state index in [1.807, 2.05) is 12.1 Å². The molecule has 2 rings (SSSR count). The second-order valence-electron chi connectivity index (χ2n) is 4.28. The summed E-state index contributed by atoms with van der Waals surface area (Å²) in [6.07, 6.45) is 1.06. The molecule has 2 heteroatoms. The normalized spacial score (nSPS) is 10.4. The van der Waals surface area contributed by atoms with Gasteiger partial charge in [0.25, 0.3) is 0 Å². The van der Waals surface area contributed by atoms with E-state index in [-0.39, 0.29) is 0 Å². The Kier molecular flexibility index (Phi) is 4.00. The fraction of sp³-hybridized carbons (Fsp3) is 0.250. The van der Waals surface area contributed by atoms with Crippen LogP contribution in [0.3, 0.4) is 0 Å². The van der Waals surface area contributed by atoms with E-state index in [1.165, 1.54) is 16.7 Å². The smallest absolute Gasteiger partial charge is 0.119 e. The van der Waals surface area contributed by atoms with Crippen molar-refractivity contribution >= 4 is 0 Å². The van der Waals surface area contributed by atoms with Gasteiger partial charge < -0.3 is 10.5 Å². The van der Waals surface area contributed by atoms with Crippen LogP contribution in [0.2, 0.25) is 0 Å². The predicted molar refractivity (Wildman–Crippen MR) is 75.7 cm³/mol. The zero-order chi connectivity index (χ0) is 13.0. The molecule has 0 aliphatic rings. The molecule has 0 saturated carbocycles. The van der Waals surface area contributed by atoms with Crippen LogP contribution in [0.15, 0.2) is 42.5 Å². The Hall–Kier alpha value is -1.80. The highest BCUT2D eigenvalue weighted by atomic mass is 16.5. The standard InChI is InChI=1S/C16H19NO/c1-3-12-4-6-13(7-5-12)16-9-8-15(18-2)10-14(16)11-17/h4-10H,3,11,17H2,1-2H3. The predicted octanol–water partition coefficient (Wildman–Crippen LogP) is 3.38. The van der Waals surface area contributed by atoms with Crippen LogP contribution in [0.1, 0.15) is 18.1 Å². The third-order valence-electron chi connectivity index (χ3n) is 3.21. The van der Waals surface area contributed by atoms with Gasteiger partial charge in [0.15, 0.2) is 0 Å². The number of hydrogen-bond donors (Lipinski definition) is 1. The van der Waals surface area contributed by atoms with Gasteiger partial charge in [-0.05, 0) is 40.8 Å². The summed E-state index contributed by atoms with van der Waals surface area (Å²) in [4.78, 5) is 0. The first-order valence-electron chi connectivity index (χ1n) is 6.24. The van der Waals surface area contributed by atoms with Crippen LogP contribution in [0.5, 0.6) is 5.75 Å². The molecule has 2 nitrogen and oxygen atoms in total. The van der Waals surface area contributed by atoms with Gasteiger partial charge in [0.2, 0.25) is 0 Å². The van der Waals surface area contributed by atoms with Crippen LogP contribution in [-0.4, -0.2) is 7.11 Å². The summed E-state index contributed by atoms with van der Waals surface area (Å²) in [5.41, 5.74) is 10.7. The van der Waals surface area contributed by atoms with Crippen LogP contribution in [0, 0.1) is 0 Å². The summed E-state index contributed by atoms with van der Waals surface area (Å²) in [5.74, 6) is 0.851. The largest absolute Gasteiger partial charge is 0.497 e. The van der Waals surface area contributed by atoms with E-state index in [4.69, 9.17) is 10.5 Å². The maximum absolute atomic E-state index is 5.81. The third kappa shape index (κ3) is 2.54. The second kappa shape index (κ2) is 5.69. The van der Waals surface area contributed by atoms with Crippen molar-refractivity contribution in [1.29, 1.82) is 0 Å². The molecule has 0 spiro atoms. The number of benzene rings is 2. The Morgan fingerprint density at radius 1 is 1.06 bits per heavy atom. The summed E-state index contributed by atoms with van der Waals surface area (Å²) in [7, 11) is 1.67. The molecular formula is C16H19NO. The van der Waals surface area contributed by atoms with Crippen molar-refractivity contribution in [3.05, 3.63) is 53.6 Å². The Morgan fingerprint density at radius 3 is 2.33 bits per heavy atom. The van der Waals surface area contributed by atoms with Gasteiger partial charge in [-0.3, -0.25) is 0 Å². The van der Waals surface area contributed by atoms with E-state index in [0.29, 0.717) is 6.54 Å². The lowest BCUT2D eigenvalue weighted by atomic mass is 9.98. The molecule has 2 N–H and O–H groups in total. The molecule has 18 heavy (non-hydrogen) atoms. The highest BCUT2D eigenvalue weighted by molar-refractivity contribution is 5.68. The van der Waals surface area contributed by atoms with E-state index in [0.717, 1.165) is 17.7 Å². The van der Waals surface area contributed by atoms with Gasteiger partial charge in [-0.2, -0.15) is 0 Å². The molecule has 0 heterocycles. The SMILES string of the molecule is CCc1ccc(-c2ccc(OC)cc2CN)cc1. The van der Waals surface area contributed by atoms with Gasteiger partial charge in [0.05, 0.1) is 7.11 Å². The van der Waals surface area contributed by atoms with Crippen LogP contribution >= 0.6 is 0 Å². The lowest BCUT2D eigenvalue weighted by Crippen LogP contribution is -1.99. The van der Waals surface area contributed by atoms with Crippen molar-refractivity contribution in [2.24, 2.45) is 5.73 Å². The maximum Gasteiger partial charge on any atom is 0.119 e. The van der Waals surface area contributed by atoms with Gasteiger partial charge in [-0.1, -0.05) is 37.3 Å². The molecule has 0 aliphatic carbocycles. The lowest BCUT2D eigenvalue weighted by Gasteiger charge is -2.10. The van der Waals surface area contributed by atoms with Gasteiger partial charge >= 0.3 is 0 Å². The maximum atomic E-state index is 5.81. The number of nitrogens with two attached hydrogens (primary N) is 1. The Morgan fingerprint density at radius 2 is 1.78 bits per heavy atom. The number of methoxy groups -OCH3 is 1. The minimum Gasteiger partial charge on any atom is -0.497 e. The van der Waals surface area contributed by atoms with E-state index in [9.17, 15) is 0 Å². The number of aryl methyl sites for hydroxylation is 1. The zero-order valence-corrected chi connectivity index (χ0v) is 10.9. The van der Waals surface area contributed by atoms with E-state index >= 15 is 0 Å². The van der Waals surface area contributed by atoms with Crippen molar-refractivity contribution in [2.45, 2.75) is 19.9 Å². The molecule has 94 valence electrons. The zero-order valence-electron chi connectivity index (χ0n) is 10.9. The third-order valence-corrected chi connectivity index (χ3v) is 3.21. The highest BCUT2D eigenvalue weighted by Crippen LogP contribution is 2.27. The number of ether oxygens (including phenoxy) is 1. The van der Waals surface area contributed by atoms with Crippen LogP contribution in [0.4, 0.5) is 0 Å². The molecule has 0 aliphatic heterocycles. The molecule has 0 radical (unpaired) electrons. The molecule has 0 aromatic heterocycles. The summed E-state index contributed by atoms with van der Waals surface area (Å²) in [6.45, 7) is 2.68. The van der Waals surface area contributed by atoms with Gasteiger partial charge in [0.1, 0.15) is 5.75 Å². The minimum atomic E-state index is 0.516. The Balaban J connectivity index is 2.42. The molecule has 0 bridgehead atoms. The van der Waals surface area contributed by atoms with Crippen molar-refractivity contribution in [3.8, 4) is 16.9 Å². The van der Waals surface area contributed by atoms with Crippen LogP contribution < -0.4 is 10.5 Å². The van der Waals surface area contributed by atoms with Crippen molar-refractivity contribution in [1.82, 2.24) is 0 Å². The van der Waals surface area contributed by atoms with E-state index in [2.05, 4.69) is 37.3 Å². The Bertz CT molecular complexity index is 517. The average molecular weight is 241 g/mol. The van der Waals surface area contributed by atoms with Crippen LogP contribution in [0.25, 0.3) is 11.1 Å². The molecule has 2 aromatic carbocycles. The van der Waals surface area contributed by atoms with Crippen molar-refractivity contribution < 1.29 is 4.74 Å². The summed E-state index contributed by atoms with van der Waals surface area (Å²) >= 11 is 0. The first-order chi connectivity index (χ1) is 8.78. The molecule has 0 saturated heterocycles. The van der Waals surface area contributed by atoms with Crippen LogP contribution in [-0.2, 0) is 13.0 Å². The monoisotopic (exact) mass is 241 g/mol. The lowest BCUT2D eigenvalue weighted by molar-refractivity contribution is 0.414. The van der Waals surface area contributed by atoms with Gasteiger partial charge in [0, 0.05) is 6.54 Å². The molecule has 0 amide bonds. The number of hydrogen-bond acceptors (Lipinski definition) is 2. The highest BCUT2D eigenvalue weighted by Gasteiger charge is 2.05. The van der Waals surface area contributed by atoms with Crippen molar-refractivity contribution in [3.63, 3.8) is 0 Å². The fourth-order valence-electron chi connectivity index (χ4n) is 2.07. The number of rotatable bonds is 4. The summed E-state index contributed by atoms with van der Waals surface area (Å²) < 4.78 is 5.23. The summed E-state index contributed by atoms with van der Waals surface area (Å²) in [5, 5.41) is 0. The van der Waals surface area contributed by atoms with Gasteiger partial charge in [-0.25, -0.2) is 0 Å². The van der Waals surface area contributed by atoms with E-state index in [1.54, 1.807) is 7.11 Å². The average Bonchev–Trinajstić information content (AvgIpc) is 2.46. The quantitative estimate of drug-likeness (QED) is 0.890. The molecule has 0 fully saturated rings. The van der Waals surface area contributed by atoms with Crippen molar-refractivity contribution in [2.75, 3.05) is 7.11 Å². The molecular weight excluding hydrogens is 222 g/mol. The topological polar surface area (TPSA) is 35.2 Å². The first kappa shape index (κ1) is 12.7. The molecule has 0 atom stereocenters. The first-order valence-corrected chi connectivity index (χ1v) is 6.24.